The number of carbonyl (C=O) groups excluding carboxylic acids is 1. The molecule has 0 spiro atoms. The molecule has 18 heavy (non-hydrogen) atoms. The van der Waals surface area contributed by atoms with Crippen LogP contribution in [0.5, 0.6) is 0 Å². The number of halogens is 2. The van der Waals surface area contributed by atoms with Crippen molar-refractivity contribution < 1.29 is 4.79 Å². The second-order valence-electron chi connectivity index (χ2n) is 5.09. The van der Waals surface area contributed by atoms with Crippen LogP contribution in [0.4, 0.5) is 0 Å². The van der Waals surface area contributed by atoms with Crippen molar-refractivity contribution in [3.8, 4) is 0 Å². The van der Waals surface area contributed by atoms with Crippen LogP contribution in [0.2, 0.25) is 10.0 Å². The Labute approximate surface area is 118 Å². The summed E-state index contributed by atoms with van der Waals surface area (Å²) in [6.07, 6.45) is 3.95. The number of hydrogen-bond donors (Lipinski definition) is 0. The highest BCUT2D eigenvalue weighted by Crippen LogP contribution is 2.38. The highest BCUT2D eigenvalue weighted by molar-refractivity contribution is 6.36. The Bertz CT molecular complexity index is 465. The van der Waals surface area contributed by atoms with Gasteiger partial charge in [-0.2, -0.15) is 0 Å². The summed E-state index contributed by atoms with van der Waals surface area (Å²) in [5.41, 5.74) is 0.133. The molecule has 1 fully saturated rings. The van der Waals surface area contributed by atoms with Gasteiger partial charge in [-0.3, -0.25) is 9.69 Å². The number of Topliss-reactive ketones (excluding diaryl/α,β-unsaturated/α-hetero) is 1. The largest absolute Gasteiger partial charge is 0.297 e. The zero-order chi connectivity index (χ0) is 13.3. The summed E-state index contributed by atoms with van der Waals surface area (Å²) in [6, 6.07) is 5.07. The fraction of sp³-hybridized carbons (Fsp3) is 0.500. The van der Waals surface area contributed by atoms with E-state index in [0.717, 1.165) is 25.7 Å². The van der Waals surface area contributed by atoms with Gasteiger partial charge in [-0.1, -0.05) is 36.0 Å². The molecule has 0 bridgehead atoms. The molecule has 98 valence electrons. The van der Waals surface area contributed by atoms with E-state index in [1.807, 2.05) is 19.0 Å². The van der Waals surface area contributed by atoms with Gasteiger partial charge in [0.15, 0.2) is 5.78 Å². The van der Waals surface area contributed by atoms with E-state index >= 15 is 0 Å². The second-order valence-corrected chi connectivity index (χ2v) is 5.93. The molecule has 1 aliphatic rings. The van der Waals surface area contributed by atoms with E-state index in [2.05, 4.69) is 0 Å². The smallest absolute Gasteiger partial charge is 0.184 e. The lowest BCUT2D eigenvalue weighted by Gasteiger charge is -2.35. The molecule has 1 saturated carbocycles. The lowest BCUT2D eigenvalue weighted by molar-refractivity contribution is 0.0693. The van der Waals surface area contributed by atoms with Crippen LogP contribution in [-0.4, -0.2) is 30.3 Å². The second kappa shape index (κ2) is 5.20. The molecule has 1 aromatic carbocycles. The predicted molar refractivity (Wildman–Crippen MR) is 75.7 cm³/mol. The zero-order valence-corrected chi connectivity index (χ0v) is 12.2. The summed E-state index contributed by atoms with van der Waals surface area (Å²) in [4.78, 5) is 14.8. The van der Waals surface area contributed by atoms with E-state index in [0.29, 0.717) is 15.6 Å². The van der Waals surface area contributed by atoms with Crippen LogP contribution in [0.3, 0.4) is 0 Å². The predicted octanol–water partition coefficient (Wildman–Crippen LogP) is 4.05. The van der Waals surface area contributed by atoms with Gasteiger partial charge < -0.3 is 0 Å². The first-order valence-electron chi connectivity index (χ1n) is 6.15. The van der Waals surface area contributed by atoms with Crippen molar-refractivity contribution in [3.05, 3.63) is 33.8 Å². The van der Waals surface area contributed by atoms with Gasteiger partial charge in [0.1, 0.15) is 0 Å². The number of carbonyl (C=O) groups is 1. The Balaban J connectivity index is 2.43. The van der Waals surface area contributed by atoms with Gasteiger partial charge in [-0.25, -0.2) is 0 Å². The molecule has 0 atom stereocenters. The van der Waals surface area contributed by atoms with Crippen LogP contribution in [0, 0.1) is 0 Å². The van der Waals surface area contributed by atoms with Gasteiger partial charge in [-0.15, -0.1) is 0 Å². The van der Waals surface area contributed by atoms with Gasteiger partial charge in [0.05, 0.1) is 10.6 Å². The van der Waals surface area contributed by atoms with Gasteiger partial charge in [0, 0.05) is 10.6 Å². The minimum absolute atomic E-state index is 0.0949. The molecule has 1 aliphatic carbocycles. The monoisotopic (exact) mass is 285 g/mol. The molecule has 0 unspecified atom stereocenters. The van der Waals surface area contributed by atoms with Crippen molar-refractivity contribution >= 4 is 29.0 Å². The fourth-order valence-corrected chi connectivity index (χ4v) is 3.13. The van der Waals surface area contributed by atoms with E-state index in [-0.39, 0.29) is 5.78 Å². The Morgan fingerprint density at radius 1 is 1.22 bits per heavy atom. The highest BCUT2D eigenvalue weighted by Gasteiger charge is 2.43. The van der Waals surface area contributed by atoms with Crippen LogP contribution in [-0.2, 0) is 0 Å². The Morgan fingerprint density at radius 2 is 1.83 bits per heavy atom. The standard InChI is InChI=1S/C14H17Cl2NO/c1-17(2)14(7-3-4-8-14)13(18)11-9-10(15)5-6-12(11)16/h5-6,9H,3-4,7-8H2,1-2H3. The van der Waals surface area contributed by atoms with Crippen LogP contribution >= 0.6 is 23.2 Å². The first-order chi connectivity index (χ1) is 8.47. The summed E-state index contributed by atoms with van der Waals surface area (Å²) >= 11 is 12.1. The van der Waals surface area contributed by atoms with Crippen LogP contribution in [0.15, 0.2) is 18.2 Å². The molecule has 0 aliphatic heterocycles. The minimum atomic E-state index is -0.408. The Morgan fingerprint density at radius 3 is 2.39 bits per heavy atom. The van der Waals surface area contributed by atoms with E-state index in [1.165, 1.54) is 0 Å². The quantitative estimate of drug-likeness (QED) is 0.781. The number of ketones is 1. The molecule has 4 heteroatoms. The maximum Gasteiger partial charge on any atom is 0.184 e. The van der Waals surface area contributed by atoms with Gasteiger partial charge in [-0.05, 0) is 45.1 Å². The summed E-state index contributed by atoms with van der Waals surface area (Å²) < 4.78 is 0. The molecule has 0 heterocycles. The number of rotatable bonds is 3. The van der Waals surface area contributed by atoms with Crippen LogP contribution in [0.1, 0.15) is 36.0 Å². The van der Waals surface area contributed by atoms with Crippen molar-refractivity contribution in [2.24, 2.45) is 0 Å². The van der Waals surface area contributed by atoms with Gasteiger partial charge >= 0.3 is 0 Å². The molecule has 0 radical (unpaired) electrons. The number of benzene rings is 1. The number of hydrogen-bond acceptors (Lipinski definition) is 2. The van der Waals surface area contributed by atoms with E-state index in [1.54, 1.807) is 18.2 Å². The normalized spacial score (nSPS) is 18.3. The van der Waals surface area contributed by atoms with Gasteiger partial charge in [0.25, 0.3) is 0 Å². The molecule has 0 aromatic heterocycles. The third-order valence-electron chi connectivity index (χ3n) is 3.88. The van der Waals surface area contributed by atoms with Crippen molar-refractivity contribution in [2.45, 2.75) is 31.2 Å². The summed E-state index contributed by atoms with van der Waals surface area (Å²) in [5.74, 6) is 0.0949. The molecule has 1 aromatic rings. The molecular formula is C14H17Cl2NO. The number of nitrogens with zero attached hydrogens (tertiary/aromatic N) is 1. The Hall–Kier alpha value is -0.570. The topological polar surface area (TPSA) is 20.3 Å². The molecule has 2 nitrogen and oxygen atoms in total. The van der Waals surface area contributed by atoms with Crippen molar-refractivity contribution in [1.29, 1.82) is 0 Å². The molecular weight excluding hydrogens is 269 g/mol. The van der Waals surface area contributed by atoms with Crippen LogP contribution in [0.25, 0.3) is 0 Å². The first-order valence-corrected chi connectivity index (χ1v) is 6.90. The summed E-state index contributed by atoms with van der Waals surface area (Å²) in [6.45, 7) is 0. The maximum absolute atomic E-state index is 12.8. The SMILES string of the molecule is CN(C)C1(C(=O)c2cc(Cl)ccc2Cl)CCCC1. The third kappa shape index (κ3) is 2.29. The number of likely N-dealkylation sites (N-methyl/N-ethyl adjacent to an activating group) is 1. The lowest BCUT2D eigenvalue weighted by atomic mass is 9.86. The molecule has 0 N–H and O–H groups in total. The van der Waals surface area contributed by atoms with Crippen LogP contribution < -0.4 is 0 Å². The molecule has 2 rings (SSSR count). The van der Waals surface area contributed by atoms with Crippen molar-refractivity contribution in [3.63, 3.8) is 0 Å². The van der Waals surface area contributed by atoms with Crippen molar-refractivity contribution in [2.75, 3.05) is 14.1 Å². The zero-order valence-electron chi connectivity index (χ0n) is 10.7. The molecule has 0 saturated heterocycles. The molecule has 0 amide bonds. The Kier molecular flexibility index (Phi) is 4.00. The fourth-order valence-electron chi connectivity index (χ4n) is 2.76. The highest BCUT2D eigenvalue weighted by atomic mass is 35.5. The average Bonchev–Trinajstić information content (AvgIpc) is 2.82. The maximum atomic E-state index is 12.8. The summed E-state index contributed by atoms with van der Waals surface area (Å²) in [7, 11) is 3.92. The van der Waals surface area contributed by atoms with Gasteiger partial charge in [0.2, 0.25) is 0 Å². The average molecular weight is 286 g/mol. The first kappa shape index (κ1) is 13.9. The van der Waals surface area contributed by atoms with Crippen molar-refractivity contribution in [1.82, 2.24) is 4.90 Å². The van der Waals surface area contributed by atoms with E-state index < -0.39 is 5.54 Å². The van der Waals surface area contributed by atoms with E-state index in [9.17, 15) is 4.79 Å². The minimum Gasteiger partial charge on any atom is -0.297 e. The summed E-state index contributed by atoms with van der Waals surface area (Å²) in [5, 5.41) is 1.03. The third-order valence-corrected chi connectivity index (χ3v) is 4.45. The lowest BCUT2D eigenvalue weighted by Crippen LogP contribution is -2.49. The van der Waals surface area contributed by atoms with E-state index in [4.69, 9.17) is 23.2 Å².